The molecule has 0 aliphatic carbocycles. The lowest BCUT2D eigenvalue weighted by Crippen LogP contribution is -2.28. The Morgan fingerprint density at radius 2 is 1.92 bits per heavy atom. The number of nitrogens with one attached hydrogen (secondary N) is 1. The standard InChI is InChI=1S/C18H20N2O5/c1-2-23-17(21)15-8-9-19-12-16(15)24-11-10-20-18(22)25-13-14-6-4-3-5-7-14/h3-9,12H,2,10-11,13H2,1H3,(H,20,22). The topological polar surface area (TPSA) is 86.8 Å². The molecule has 0 aliphatic rings. The maximum Gasteiger partial charge on any atom is 0.407 e. The van der Waals surface area contributed by atoms with E-state index in [9.17, 15) is 9.59 Å². The van der Waals surface area contributed by atoms with Gasteiger partial charge in [-0.2, -0.15) is 0 Å². The molecule has 0 atom stereocenters. The van der Waals surface area contributed by atoms with E-state index in [1.807, 2.05) is 30.3 Å². The molecule has 0 unspecified atom stereocenters. The summed E-state index contributed by atoms with van der Waals surface area (Å²) in [6, 6.07) is 10.9. The molecule has 0 aliphatic heterocycles. The lowest BCUT2D eigenvalue weighted by molar-refractivity contribution is 0.0521. The minimum absolute atomic E-state index is 0.165. The molecular formula is C18H20N2O5. The number of aromatic nitrogens is 1. The SMILES string of the molecule is CCOC(=O)c1ccncc1OCCNC(=O)OCc1ccccc1. The van der Waals surface area contributed by atoms with Gasteiger partial charge in [0.15, 0.2) is 5.75 Å². The van der Waals surface area contributed by atoms with Crippen molar-refractivity contribution in [2.24, 2.45) is 0 Å². The molecule has 25 heavy (non-hydrogen) atoms. The van der Waals surface area contributed by atoms with E-state index in [0.29, 0.717) is 11.3 Å². The summed E-state index contributed by atoms with van der Waals surface area (Å²) in [6.07, 6.45) is 2.38. The highest BCUT2D eigenvalue weighted by Gasteiger charge is 2.13. The van der Waals surface area contributed by atoms with Gasteiger partial charge in [0.2, 0.25) is 0 Å². The fraction of sp³-hybridized carbons (Fsp3) is 0.278. The van der Waals surface area contributed by atoms with Gasteiger partial charge in [0.25, 0.3) is 0 Å². The zero-order valence-corrected chi connectivity index (χ0v) is 13.9. The number of alkyl carbamates (subject to hydrolysis) is 1. The minimum Gasteiger partial charge on any atom is -0.489 e. The third-order valence-corrected chi connectivity index (χ3v) is 3.12. The van der Waals surface area contributed by atoms with Gasteiger partial charge < -0.3 is 19.5 Å². The van der Waals surface area contributed by atoms with Crippen LogP contribution >= 0.6 is 0 Å². The molecule has 0 radical (unpaired) electrons. The van der Waals surface area contributed by atoms with E-state index < -0.39 is 12.1 Å². The molecule has 2 rings (SSSR count). The number of ether oxygens (including phenoxy) is 3. The molecule has 1 amide bonds. The summed E-state index contributed by atoms with van der Waals surface area (Å²) in [5.74, 6) is -0.171. The first-order chi connectivity index (χ1) is 12.2. The summed E-state index contributed by atoms with van der Waals surface area (Å²) < 4.78 is 15.5. The van der Waals surface area contributed by atoms with E-state index in [1.165, 1.54) is 18.5 Å². The Labute approximate surface area is 145 Å². The first-order valence-corrected chi connectivity index (χ1v) is 7.89. The first kappa shape index (κ1) is 18.3. The number of benzene rings is 1. The predicted octanol–water partition coefficient (Wildman–Crippen LogP) is 2.56. The second-order valence-electron chi connectivity index (χ2n) is 4.93. The van der Waals surface area contributed by atoms with Crippen LogP contribution in [-0.2, 0) is 16.1 Å². The third kappa shape index (κ3) is 6.14. The summed E-state index contributed by atoms with van der Waals surface area (Å²) >= 11 is 0. The van der Waals surface area contributed by atoms with E-state index in [0.717, 1.165) is 5.56 Å². The van der Waals surface area contributed by atoms with Gasteiger partial charge in [0, 0.05) is 6.20 Å². The summed E-state index contributed by atoms with van der Waals surface area (Å²) in [5.41, 5.74) is 1.20. The van der Waals surface area contributed by atoms with E-state index in [4.69, 9.17) is 14.2 Å². The van der Waals surface area contributed by atoms with Crippen molar-refractivity contribution in [3.05, 3.63) is 59.9 Å². The molecule has 0 saturated heterocycles. The molecule has 0 saturated carbocycles. The zero-order chi connectivity index (χ0) is 17.9. The van der Waals surface area contributed by atoms with Crippen molar-refractivity contribution in [1.82, 2.24) is 10.3 Å². The fourth-order valence-corrected chi connectivity index (χ4v) is 1.96. The molecule has 2 aromatic rings. The predicted molar refractivity (Wildman–Crippen MR) is 90.3 cm³/mol. The number of amides is 1. The van der Waals surface area contributed by atoms with Crippen LogP contribution in [0, 0.1) is 0 Å². The Morgan fingerprint density at radius 1 is 1.12 bits per heavy atom. The van der Waals surface area contributed by atoms with Crippen LogP contribution in [0.25, 0.3) is 0 Å². The zero-order valence-electron chi connectivity index (χ0n) is 13.9. The van der Waals surface area contributed by atoms with Crippen LogP contribution in [0.5, 0.6) is 5.75 Å². The highest BCUT2D eigenvalue weighted by atomic mass is 16.5. The summed E-state index contributed by atoms with van der Waals surface area (Å²) in [5, 5.41) is 2.57. The molecule has 0 bridgehead atoms. The van der Waals surface area contributed by atoms with Crippen LogP contribution in [0.4, 0.5) is 4.79 Å². The molecule has 7 nitrogen and oxygen atoms in total. The highest BCUT2D eigenvalue weighted by Crippen LogP contribution is 2.17. The van der Waals surface area contributed by atoms with Crippen LogP contribution in [0.1, 0.15) is 22.8 Å². The molecule has 1 N–H and O–H groups in total. The number of esters is 1. The van der Waals surface area contributed by atoms with Gasteiger partial charge in [-0.15, -0.1) is 0 Å². The van der Waals surface area contributed by atoms with Gasteiger partial charge in [-0.1, -0.05) is 30.3 Å². The highest BCUT2D eigenvalue weighted by molar-refractivity contribution is 5.92. The number of pyridine rings is 1. The van der Waals surface area contributed by atoms with Gasteiger partial charge in [-0.05, 0) is 18.6 Å². The Hall–Kier alpha value is -3.09. The first-order valence-electron chi connectivity index (χ1n) is 7.89. The van der Waals surface area contributed by atoms with Gasteiger partial charge in [0.1, 0.15) is 18.8 Å². The Kier molecular flexibility index (Phi) is 7.24. The largest absolute Gasteiger partial charge is 0.489 e. The maximum absolute atomic E-state index is 11.8. The van der Waals surface area contributed by atoms with Crippen LogP contribution in [0.2, 0.25) is 0 Å². The van der Waals surface area contributed by atoms with E-state index in [-0.39, 0.29) is 26.4 Å². The van der Waals surface area contributed by atoms with E-state index in [1.54, 1.807) is 6.92 Å². The summed E-state index contributed by atoms with van der Waals surface area (Å²) in [7, 11) is 0. The quantitative estimate of drug-likeness (QED) is 0.585. The van der Waals surface area contributed by atoms with Gasteiger partial charge in [-0.25, -0.2) is 9.59 Å². The molecule has 132 valence electrons. The van der Waals surface area contributed by atoms with Gasteiger partial charge in [0.05, 0.1) is 19.3 Å². The number of rotatable bonds is 8. The average Bonchev–Trinajstić information content (AvgIpc) is 2.65. The van der Waals surface area contributed by atoms with Crippen molar-refractivity contribution in [2.45, 2.75) is 13.5 Å². The smallest absolute Gasteiger partial charge is 0.407 e. The number of carbonyl (C=O) groups excluding carboxylic acids is 2. The molecule has 0 spiro atoms. The average molecular weight is 344 g/mol. The summed E-state index contributed by atoms with van der Waals surface area (Å²) in [6.45, 7) is 2.59. The van der Waals surface area contributed by atoms with Crippen molar-refractivity contribution < 1.29 is 23.8 Å². The minimum atomic E-state index is -0.538. The molecule has 1 heterocycles. The third-order valence-electron chi connectivity index (χ3n) is 3.12. The second-order valence-corrected chi connectivity index (χ2v) is 4.93. The maximum atomic E-state index is 11.8. The Balaban J connectivity index is 1.72. The van der Waals surface area contributed by atoms with Crippen LogP contribution in [0.15, 0.2) is 48.8 Å². The Morgan fingerprint density at radius 3 is 2.68 bits per heavy atom. The van der Waals surface area contributed by atoms with Crippen LogP contribution < -0.4 is 10.1 Å². The molecule has 1 aromatic carbocycles. The van der Waals surface area contributed by atoms with E-state index in [2.05, 4.69) is 10.3 Å². The molecule has 0 fully saturated rings. The molecule has 1 aromatic heterocycles. The van der Waals surface area contributed by atoms with Gasteiger partial charge >= 0.3 is 12.1 Å². The van der Waals surface area contributed by atoms with Gasteiger partial charge in [-0.3, -0.25) is 4.98 Å². The summed E-state index contributed by atoms with van der Waals surface area (Å²) in [4.78, 5) is 27.3. The van der Waals surface area contributed by atoms with E-state index >= 15 is 0 Å². The normalized spacial score (nSPS) is 9.96. The van der Waals surface area contributed by atoms with Crippen LogP contribution in [0.3, 0.4) is 0 Å². The van der Waals surface area contributed by atoms with Crippen molar-refractivity contribution in [1.29, 1.82) is 0 Å². The number of hydrogen-bond acceptors (Lipinski definition) is 6. The number of nitrogens with zero attached hydrogens (tertiary/aromatic N) is 1. The fourth-order valence-electron chi connectivity index (χ4n) is 1.96. The Bertz CT molecular complexity index is 691. The lowest BCUT2D eigenvalue weighted by atomic mass is 10.2. The number of carbonyl (C=O) groups is 2. The lowest BCUT2D eigenvalue weighted by Gasteiger charge is -2.11. The van der Waals surface area contributed by atoms with Crippen molar-refractivity contribution in [3.63, 3.8) is 0 Å². The van der Waals surface area contributed by atoms with Crippen molar-refractivity contribution in [2.75, 3.05) is 19.8 Å². The number of hydrogen-bond donors (Lipinski definition) is 1. The monoisotopic (exact) mass is 344 g/mol. The second kappa shape index (κ2) is 9.92. The van der Waals surface area contributed by atoms with Crippen LogP contribution in [-0.4, -0.2) is 36.8 Å². The molecular weight excluding hydrogens is 324 g/mol. The molecule has 7 heteroatoms. The van der Waals surface area contributed by atoms with Crippen molar-refractivity contribution >= 4 is 12.1 Å². The van der Waals surface area contributed by atoms with Crippen molar-refractivity contribution in [3.8, 4) is 5.75 Å².